The number of carbonyl (C=O) groups is 1. The van der Waals surface area contributed by atoms with Crippen molar-refractivity contribution in [2.75, 3.05) is 44.0 Å². The first-order chi connectivity index (χ1) is 19.5. The van der Waals surface area contributed by atoms with Crippen LogP contribution in [0, 0.1) is 5.82 Å². The molecule has 1 aliphatic heterocycles. The van der Waals surface area contributed by atoms with Gasteiger partial charge in [-0.05, 0) is 43.5 Å². The Morgan fingerprint density at radius 2 is 2.02 bits per heavy atom. The fraction of sp³-hybridized carbons (Fsp3) is 0.357. The van der Waals surface area contributed by atoms with Crippen LogP contribution in [-0.4, -0.2) is 70.3 Å². The van der Waals surface area contributed by atoms with E-state index in [1.54, 1.807) is 25.4 Å². The zero-order valence-corrected chi connectivity index (χ0v) is 22.9. The molecule has 5 rings (SSSR count). The first kappa shape index (κ1) is 27.7. The maximum atomic E-state index is 13.4. The number of nitrogens with zero attached hydrogens (tertiary/aromatic N) is 4. The molecule has 12 heteroatoms. The lowest BCUT2D eigenvalue weighted by Crippen LogP contribution is -2.36. The van der Waals surface area contributed by atoms with Crippen LogP contribution in [0.15, 0.2) is 48.9 Å². The van der Waals surface area contributed by atoms with Crippen molar-refractivity contribution in [3.05, 3.63) is 59.6 Å². The highest BCUT2D eigenvalue weighted by molar-refractivity contribution is 7.15. The summed E-state index contributed by atoms with van der Waals surface area (Å²) < 4.78 is 25.0. The van der Waals surface area contributed by atoms with Gasteiger partial charge in [0, 0.05) is 47.8 Å². The molecule has 40 heavy (non-hydrogen) atoms. The summed E-state index contributed by atoms with van der Waals surface area (Å²) in [5.74, 6) is 1.05. The second-order valence-corrected chi connectivity index (χ2v) is 10.6. The largest absolute Gasteiger partial charge is 0.493 e. The number of methoxy groups -OCH3 is 1. The highest BCUT2D eigenvalue weighted by Crippen LogP contribution is 2.35. The van der Waals surface area contributed by atoms with E-state index in [9.17, 15) is 14.3 Å². The van der Waals surface area contributed by atoms with Crippen LogP contribution in [0.4, 0.5) is 21.0 Å². The van der Waals surface area contributed by atoms with Gasteiger partial charge in [-0.3, -0.25) is 4.79 Å². The van der Waals surface area contributed by atoms with E-state index < -0.39 is 5.82 Å². The third-order valence-corrected chi connectivity index (χ3v) is 7.49. The number of aromatic nitrogens is 3. The number of likely N-dealkylation sites (tertiary alicyclic amines) is 1. The van der Waals surface area contributed by atoms with Gasteiger partial charge in [0.1, 0.15) is 18.0 Å². The van der Waals surface area contributed by atoms with E-state index in [1.807, 2.05) is 12.1 Å². The molecular weight excluding hydrogens is 535 g/mol. The van der Waals surface area contributed by atoms with E-state index in [0.29, 0.717) is 40.3 Å². The number of aliphatic hydroxyl groups is 1. The number of ether oxygens (including phenoxy) is 2. The molecular formula is C28H31FN6O4S. The van der Waals surface area contributed by atoms with Gasteiger partial charge in [-0.15, -0.1) is 11.3 Å². The summed E-state index contributed by atoms with van der Waals surface area (Å²) in [6.45, 7) is 3.28. The van der Waals surface area contributed by atoms with E-state index in [0.717, 1.165) is 49.2 Å². The zero-order chi connectivity index (χ0) is 27.9. The van der Waals surface area contributed by atoms with Crippen LogP contribution < -0.4 is 20.1 Å². The number of piperidine rings is 1. The molecule has 0 atom stereocenters. The fourth-order valence-corrected chi connectivity index (χ4v) is 5.34. The van der Waals surface area contributed by atoms with Gasteiger partial charge in [-0.1, -0.05) is 6.07 Å². The van der Waals surface area contributed by atoms with Crippen LogP contribution in [-0.2, 0) is 11.2 Å². The Labute approximate surface area is 235 Å². The molecule has 1 amide bonds. The third-order valence-electron chi connectivity index (χ3n) is 6.58. The Morgan fingerprint density at radius 3 is 2.83 bits per heavy atom. The molecule has 3 heterocycles. The Bertz CT molecular complexity index is 1460. The van der Waals surface area contributed by atoms with E-state index >= 15 is 0 Å². The van der Waals surface area contributed by atoms with Gasteiger partial charge in [-0.25, -0.2) is 19.3 Å². The molecule has 0 aliphatic carbocycles. The van der Waals surface area contributed by atoms with Gasteiger partial charge in [0.2, 0.25) is 5.91 Å². The van der Waals surface area contributed by atoms with Crippen LogP contribution in [0.3, 0.4) is 0 Å². The second kappa shape index (κ2) is 13.0. The van der Waals surface area contributed by atoms with Crippen molar-refractivity contribution >= 4 is 44.8 Å². The number of thiazole rings is 1. The number of rotatable bonds is 11. The van der Waals surface area contributed by atoms with Crippen molar-refractivity contribution in [2.24, 2.45) is 0 Å². The molecule has 2 aromatic carbocycles. The number of anilines is 3. The number of carbonyl (C=O) groups excluding carboxylic acids is 1. The predicted octanol–water partition coefficient (Wildman–Crippen LogP) is 4.38. The van der Waals surface area contributed by atoms with Crippen LogP contribution in [0.2, 0.25) is 0 Å². The lowest BCUT2D eigenvalue weighted by molar-refractivity contribution is -0.115. The summed E-state index contributed by atoms with van der Waals surface area (Å²) in [6.07, 6.45) is 5.53. The average molecular weight is 567 g/mol. The number of halogens is 1. The molecule has 0 spiro atoms. The molecule has 210 valence electrons. The standard InChI is InChI=1S/C28H31FN6O4S/c1-38-24-14-22-23(15-25(24)39-11-3-8-35-9-6-20(36)7-10-35)31-17-32-27(22)34-28-30-16-21(40-28)13-26(37)33-19-5-2-4-18(29)12-19/h2,4-5,12,14-17,20,36H,3,6-11,13H2,1H3,(H,33,37)(H,30,31,32,34). The SMILES string of the molecule is COc1cc2c(Nc3ncc(CC(=O)Nc4cccc(F)c4)s3)ncnc2cc1OCCCN1CCC(O)CC1. The number of benzene rings is 2. The molecule has 0 bridgehead atoms. The number of hydrogen-bond acceptors (Lipinski definition) is 10. The van der Waals surface area contributed by atoms with Crippen molar-refractivity contribution < 1.29 is 23.8 Å². The predicted molar refractivity (Wildman–Crippen MR) is 152 cm³/mol. The molecule has 2 aromatic heterocycles. The maximum absolute atomic E-state index is 13.4. The monoisotopic (exact) mass is 566 g/mol. The molecule has 1 fully saturated rings. The smallest absolute Gasteiger partial charge is 0.229 e. The summed E-state index contributed by atoms with van der Waals surface area (Å²) in [7, 11) is 1.59. The summed E-state index contributed by atoms with van der Waals surface area (Å²) in [5.41, 5.74) is 1.09. The van der Waals surface area contributed by atoms with Gasteiger partial charge in [0.25, 0.3) is 0 Å². The number of hydrogen-bond donors (Lipinski definition) is 3. The Kier molecular flexibility index (Phi) is 8.99. The van der Waals surface area contributed by atoms with Gasteiger partial charge < -0.3 is 30.1 Å². The highest BCUT2D eigenvalue weighted by Gasteiger charge is 2.17. The third kappa shape index (κ3) is 7.20. The summed E-state index contributed by atoms with van der Waals surface area (Å²) in [4.78, 5) is 28.6. The van der Waals surface area contributed by atoms with Crippen molar-refractivity contribution in [2.45, 2.75) is 31.8 Å². The first-order valence-corrected chi connectivity index (χ1v) is 13.9. The molecule has 4 aromatic rings. The zero-order valence-electron chi connectivity index (χ0n) is 22.1. The summed E-state index contributed by atoms with van der Waals surface area (Å²) >= 11 is 1.33. The van der Waals surface area contributed by atoms with Gasteiger partial charge in [0.05, 0.1) is 31.8 Å². The van der Waals surface area contributed by atoms with Gasteiger partial charge >= 0.3 is 0 Å². The fourth-order valence-electron chi connectivity index (χ4n) is 4.53. The Hall–Kier alpha value is -3.87. The Morgan fingerprint density at radius 1 is 1.18 bits per heavy atom. The van der Waals surface area contributed by atoms with E-state index in [4.69, 9.17) is 9.47 Å². The Balaban J connectivity index is 1.20. The second-order valence-electron chi connectivity index (χ2n) is 9.51. The van der Waals surface area contributed by atoms with E-state index in [2.05, 4.69) is 30.5 Å². The highest BCUT2D eigenvalue weighted by atomic mass is 32.1. The maximum Gasteiger partial charge on any atom is 0.229 e. The molecule has 0 saturated carbocycles. The number of aliphatic hydroxyl groups excluding tert-OH is 1. The summed E-state index contributed by atoms with van der Waals surface area (Å²) in [5, 5.41) is 16.9. The molecule has 10 nitrogen and oxygen atoms in total. The molecule has 1 aliphatic rings. The van der Waals surface area contributed by atoms with Crippen LogP contribution >= 0.6 is 11.3 Å². The molecule has 0 radical (unpaired) electrons. The molecule has 3 N–H and O–H groups in total. The quantitative estimate of drug-likeness (QED) is 0.227. The van der Waals surface area contributed by atoms with Crippen LogP contribution in [0.5, 0.6) is 11.5 Å². The lowest BCUT2D eigenvalue weighted by Gasteiger charge is -2.29. The molecule has 1 saturated heterocycles. The normalized spacial score (nSPS) is 14.3. The summed E-state index contributed by atoms with van der Waals surface area (Å²) in [6, 6.07) is 9.43. The van der Waals surface area contributed by atoms with Crippen LogP contribution in [0.25, 0.3) is 10.9 Å². The van der Waals surface area contributed by atoms with Crippen molar-refractivity contribution in [3.8, 4) is 11.5 Å². The van der Waals surface area contributed by atoms with Crippen molar-refractivity contribution in [1.82, 2.24) is 19.9 Å². The van der Waals surface area contributed by atoms with Crippen molar-refractivity contribution in [3.63, 3.8) is 0 Å². The number of amides is 1. The minimum Gasteiger partial charge on any atom is -0.493 e. The van der Waals surface area contributed by atoms with Gasteiger partial charge in [0.15, 0.2) is 16.6 Å². The molecule has 0 unspecified atom stereocenters. The number of nitrogens with one attached hydrogen (secondary N) is 2. The lowest BCUT2D eigenvalue weighted by atomic mass is 10.1. The van der Waals surface area contributed by atoms with Gasteiger partial charge in [-0.2, -0.15) is 0 Å². The van der Waals surface area contributed by atoms with Crippen LogP contribution in [0.1, 0.15) is 24.1 Å². The average Bonchev–Trinajstić information content (AvgIpc) is 3.38. The van der Waals surface area contributed by atoms with E-state index in [-0.39, 0.29) is 18.4 Å². The minimum absolute atomic E-state index is 0.106. The van der Waals surface area contributed by atoms with E-state index in [1.165, 1.54) is 29.8 Å². The minimum atomic E-state index is -0.412. The first-order valence-electron chi connectivity index (χ1n) is 13.1. The topological polar surface area (TPSA) is 122 Å². The number of fused-ring (bicyclic) bond motifs is 1. The van der Waals surface area contributed by atoms with Crippen molar-refractivity contribution in [1.29, 1.82) is 0 Å².